The minimum Gasteiger partial charge on any atom is -0.481 e. The molecule has 3 unspecified atom stereocenters. The van der Waals surface area contributed by atoms with Crippen molar-refractivity contribution in [3.63, 3.8) is 0 Å². The molecule has 1 amide bonds. The zero-order chi connectivity index (χ0) is 15.2. The molecular weight excluding hydrogens is 273 g/mol. The number of likely N-dealkylation sites (tertiary alicyclic amines) is 1. The molecule has 0 spiro atoms. The Labute approximate surface area is 122 Å². The van der Waals surface area contributed by atoms with Crippen LogP contribution in [-0.2, 0) is 9.59 Å². The Bertz CT molecular complexity index is 603. The molecule has 1 saturated heterocycles. The molecular formula is C16H18FNO3. The van der Waals surface area contributed by atoms with Gasteiger partial charge in [0.05, 0.1) is 5.41 Å². The van der Waals surface area contributed by atoms with Crippen LogP contribution in [0.5, 0.6) is 0 Å². The van der Waals surface area contributed by atoms with Gasteiger partial charge in [0.25, 0.3) is 0 Å². The molecule has 1 aliphatic carbocycles. The Kier molecular flexibility index (Phi) is 3.23. The average molecular weight is 291 g/mol. The number of hydrogen-bond acceptors (Lipinski definition) is 2. The van der Waals surface area contributed by atoms with Crippen LogP contribution in [0.4, 0.5) is 4.39 Å². The number of carbonyl (C=O) groups excluding carboxylic acids is 1. The molecule has 3 rings (SSSR count). The van der Waals surface area contributed by atoms with E-state index >= 15 is 0 Å². The molecule has 112 valence electrons. The van der Waals surface area contributed by atoms with Crippen LogP contribution in [0.2, 0.25) is 0 Å². The third kappa shape index (κ3) is 2.52. The first-order valence-electron chi connectivity index (χ1n) is 7.18. The second-order valence-electron chi connectivity index (χ2n) is 6.38. The Morgan fingerprint density at radius 1 is 1.43 bits per heavy atom. The van der Waals surface area contributed by atoms with Gasteiger partial charge in [-0.25, -0.2) is 4.39 Å². The lowest BCUT2D eigenvalue weighted by Crippen LogP contribution is -2.35. The molecule has 3 atom stereocenters. The van der Waals surface area contributed by atoms with Crippen LogP contribution < -0.4 is 0 Å². The maximum absolute atomic E-state index is 13.2. The van der Waals surface area contributed by atoms with Gasteiger partial charge in [0.1, 0.15) is 5.82 Å². The van der Waals surface area contributed by atoms with Crippen molar-refractivity contribution in [3.05, 3.63) is 35.6 Å². The first kappa shape index (κ1) is 14.0. The minimum atomic E-state index is -0.852. The minimum absolute atomic E-state index is 0.00855. The van der Waals surface area contributed by atoms with Crippen molar-refractivity contribution >= 4 is 11.9 Å². The summed E-state index contributed by atoms with van der Waals surface area (Å²) in [5.74, 6) is -1.18. The highest BCUT2D eigenvalue weighted by Gasteiger charge is 2.49. The number of carboxylic acid groups (broad SMARTS) is 1. The van der Waals surface area contributed by atoms with Crippen LogP contribution in [0.25, 0.3) is 0 Å². The molecule has 4 nitrogen and oxygen atoms in total. The van der Waals surface area contributed by atoms with E-state index in [9.17, 15) is 19.1 Å². The van der Waals surface area contributed by atoms with Gasteiger partial charge in [0.15, 0.2) is 0 Å². The first-order chi connectivity index (χ1) is 9.90. The van der Waals surface area contributed by atoms with Crippen LogP contribution in [0, 0.1) is 17.2 Å². The van der Waals surface area contributed by atoms with E-state index in [1.807, 2.05) is 6.07 Å². The molecule has 21 heavy (non-hydrogen) atoms. The summed E-state index contributed by atoms with van der Waals surface area (Å²) >= 11 is 0. The van der Waals surface area contributed by atoms with E-state index in [4.69, 9.17) is 0 Å². The predicted molar refractivity (Wildman–Crippen MR) is 74.2 cm³/mol. The van der Waals surface area contributed by atoms with Crippen LogP contribution in [0.3, 0.4) is 0 Å². The molecule has 1 aliphatic heterocycles. The topological polar surface area (TPSA) is 57.6 Å². The number of rotatable bonds is 3. The fourth-order valence-corrected chi connectivity index (χ4v) is 3.13. The summed E-state index contributed by atoms with van der Waals surface area (Å²) in [7, 11) is 0. The number of benzene rings is 1. The van der Waals surface area contributed by atoms with Crippen molar-refractivity contribution in [3.8, 4) is 0 Å². The fourth-order valence-electron chi connectivity index (χ4n) is 3.13. The van der Waals surface area contributed by atoms with Gasteiger partial charge < -0.3 is 10.0 Å². The highest BCUT2D eigenvalue weighted by Crippen LogP contribution is 2.49. The standard InChI is InChI=1S/C16H18FNO3/c1-16(15(20)21)5-6-18(9-16)14(19)13-8-12(13)10-3-2-4-11(17)7-10/h2-4,7,12-13H,5-6,8-9H2,1H3,(H,20,21). The van der Waals surface area contributed by atoms with E-state index < -0.39 is 11.4 Å². The Hall–Kier alpha value is -1.91. The van der Waals surface area contributed by atoms with Crippen LogP contribution in [0.15, 0.2) is 24.3 Å². The van der Waals surface area contributed by atoms with Crippen molar-refractivity contribution in [1.29, 1.82) is 0 Å². The van der Waals surface area contributed by atoms with Crippen LogP contribution in [0.1, 0.15) is 31.2 Å². The molecule has 1 saturated carbocycles. The summed E-state index contributed by atoms with van der Waals surface area (Å²) in [6.07, 6.45) is 1.22. The smallest absolute Gasteiger partial charge is 0.311 e. The summed E-state index contributed by atoms with van der Waals surface area (Å²) in [6.45, 7) is 2.45. The summed E-state index contributed by atoms with van der Waals surface area (Å²) in [4.78, 5) is 25.3. The van der Waals surface area contributed by atoms with Gasteiger partial charge >= 0.3 is 5.97 Å². The van der Waals surface area contributed by atoms with E-state index in [2.05, 4.69) is 0 Å². The third-order valence-corrected chi connectivity index (χ3v) is 4.69. The maximum Gasteiger partial charge on any atom is 0.311 e. The molecule has 0 bridgehead atoms. The molecule has 2 aliphatic rings. The number of halogens is 1. The molecule has 1 heterocycles. The van der Waals surface area contributed by atoms with E-state index in [-0.39, 0.29) is 30.1 Å². The SMILES string of the molecule is CC1(C(=O)O)CCN(C(=O)C2CC2c2cccc(F)c2)C1. The number of aliphatic carboxylic acids is 1. The molecule has 1 N–H and O–H groups in total. The van der Waals surface area contributed by atoms with Crippen molar-refractivity contribution in [2.45, 2.75) is 25.7 Å². The van der Waals surface area contributed by atoms with Crippen molar-refractivity contribution in [2.75, 3.05) is 13.1 Å². The van der Waals surface area contributed by atoms with E-state index in [1.165, 1.54) is 12.1 Å². The number of carboxylic acids is 1. The van der Waals surface area contributed by atoms with Gasteiger partial charge in [0, 0.05) is 19.0 Å². The largest absolute Gasteiger partial charge is 0.481 e. The Morgan fingerprint density at radius 3 is 2.81 bits per heavy atom. The predicted octanol–water partition coefficient (Wildman–Crippen LogP) is 2.25. The van der Waals surface area contributed by atoms with Crippen LogP contribution >= 0.6 is 0 Å². The Morgan fingerprint density at radius 2 is 2.19 bits per heavy atom. The zero-order valence-electron chi connectivity index (χ0n) is 11.9. The summed E-state index contributed by atoms with van der Waals surface area (Å²) in [5, 5.41) is 9.21. The molecule has 0 aromatic heterocycles. The van der Waals surface area contributed by atoms with Crippen LogP contribution in [-0.4, -0.2) is 35.0 Å². The van der Waals surface area contributed by atoms with E-state index in [1.54, 1.807) is 17.9 Å². The number of hydrogen-bond donors (Lipinski definition) is 1. The molecule has 0 radical (unpaired) electrons. The number of carbonyl (C=O) groups is 2. The summed E-state index contributed by atoms with van der Waals surface area (Å²) in [5.41, 5.74) is 0.0207. The highest BCUT2D eigenvalue weighted by molar-refractivity contribution is 5.85. The second kappa shape index (κ2) is 4.83. The average Bonchev–Trinajstić information content (AvgIpc) is 3.14. The summed E-state index contributed by atoms with van der Waals surface area (Å²) < 4.78 is 13.2. The van der Waals surface area contributed by atoms with Crippen molar-refractivity contribution in [1.82, 2.24) is 4.90 Å². The molecule has 1 aromatic carbocycles. The Balaban J connectivity index is 1.65. The van der Waals surface area contributed by atoms with Crippen molar-refractivity contribution in [2.24, 2.45) is 11.3 Å². The van der Waals surface area contributed by atoms with Crippen molar-refractivity contribution < 1.29 is 19.1 Å². The lowest BCUT2D eigenvalue weighted by atomic mass is 9.90. The van der Waals surface area contributed by atoms with E-state index in [0.29, 0.717) is 13.0 Å². The summed E-state index contributed by atoms with van der Waals surface area (Å²) in [6, 6.07) is 6.36. The molecule has 1 aromatic rings. The lowest BCUT2D eigenvalue weighted by Gasteiger charge is -2.20. The quantitative estimate of drug-likeness (QED) is 0.929. The first-order valence-corrected chi connectivity index (χ1v) is 7.18. The molecule has 2 fully saturated rings. The molecule has 5 heteroatoms. The van der Waals surface area contributed by atoms with Gasteiger partial charge in [0.2, 0.25) is 5.91 Å². The maximum atomic E-state index is 13.2. The van der Waals surface area contributed by atoms with Gasteiger partial charge in [-0.1, -0.05) is 12.1 Å². The van der Waals surface area contributed by atoms with Gasteiger partial charge in [-0.15, -0.1) is 0 Å². The number of amides is 1. The monoisotopic (exact) mass is 291 g/mol. The van der Waals surface area contributed by atoms with Gasteiger partial charge in [-0.2, -0.15) is 0 Å². The van der Waals surface area contributed by atoms with Gasteiger partial charge in [-0.05, 0) is 43.4 Å². The lowest BCUT2D eigenvalue weighted by molar-refractivity contribution is -0.147. The third-order valence-electron chi connectivity index (χ3n) is 4.69. The highest BCUT2D eigenvalue weighted by atomic mass is 19.1. The van der Waals surface area contributed by atoms with E-state index in [0.717, 1.165) is 12.0 Å². The fraction of sp³-hybridized carbons (Fsp3) is 0.500. The normalized spacial score (nSPS) is 31.2. The number of nitrogens with zero attached hydrogens (tertiary/aromatic N) is 1. The van der Waals surface area contributed by atoms with Gasteiger partial charge in [-0.3, -0.25) is 9.59 Å². The zero-order valence-corrected chi connectivity index (χ0v) is 11.9. The second-order valence-corrected chi connectivity index (χ2v) is 6.38.